The van der Waals surface area contributed by atoms with Crippen molar-refractivity contribution in [2.75, 3.05) is 19.8 Å². The molecular weight excluding hydrogens is 232 g/mol. The van der Waals surface area contributed by atoms with Crippen molar-refractivity contribution >= 4 is 11.8 Å². The molecule has 2 saturated heterocycles. The van der Waals surface area contributed by atoms with Gasteiger partial charge in [-0.05, 0) is 26.7 Å². The summed E-state index contributed by atoms with van der Waals surface area (Å²) in [5.74, 6) is 0.338. The summed E-state index contributed by atoms with van der Waals surface area (Å²) in [5.41, 5.74) is -0.747. The maximum atomic E-state index is 12.5. The van der Waals surface area contributed by atoms with Gasteiger partial charge in [0.15, 0.2) is 0 Å². The van der Waals surface area contributed by atoms with Gasteiger partial charge in [-0.15, -0.1) is 0 Å². The van der Waals surface area contributed by atoms with Crippen LogP contribution >= 0.6 is 0 Å². The van der Waals surface area contributed by atoms with E-state index in [1.807, 2.05) is 6.92 Å². The summed E-state index contributed by atoms with van der Waals surface area (Å²) in [4.78, 5) is 26.2. The number of hydrogen-bond donors (Lipinski definition) is 1. The van der Waals surface area contributed by atoms with E-state index in [0.29, 0.717) is 25.5 Å². The van der Waals surface area contributed by atoms with Gasteiger partial charge in [0, 0.05) is 19.1 Å². The first-order valence-electron chi connectivity index (χ1n) is 6.69. The lowest BCUT2D eigenvalue weighted by molar-refractivity contribution is -0.154. The maximum absolute atomic E-state index is 12.5. The highest BCUT2D eigenvalue weighted by Crippen LogP contribution is 2.24. The van der Waals surface area contributed by atoms with E-state index in [4.69, 9.17) is 4.74 Å². The van der Waals surface area contributed by atoms with Gasteiger partial charge in [-0.25, -0.2) is 0 Å². The zero-order valence-electron chi connectivity index (χ0n) is 11.4. The van der Waals surface area contributed by atoms with Crippen molar-refractivity contribution in [2.24, 2.45) is 5.92 Å². The van der Waals surface area contributed by atoms with E-state index in [0.717, 1.165) is 13.0 Å². The molecule has 5 heteroatoms. The Bertz CT molecular complexity index is 352. The second-order valence-corrected chi connectivity index (χ2v) is 5.54. The molecule has 1 N–H and O–H groups in total. The van der Waals surface area contributed by atoms with Crippen molar-refractivity contribution in [3.63, 3.8) is 0 Å². The molecule has 0 aromatic carbocycles. The molecule has 5 nitrogen and oxygen atoms in total. The molecule has 3 atom stereocenters. The minimum atomic E-state index is -0.747. The van der Waals surface area contributed by atoms with Gasteiger partial charge in [0.25, 0.3) is 0 Å². The van der Waals surface area contributed by atoms with Crippen LogP contribution in [0.4, 0.5) is 0 Å². The average molecular weight is 254 g/mol. The topological polar surface area (TPSA) is 58.6 Å². The summed E-state index contributed by atoms with van der Waals surface area (Å²) in [6.07, 6.45) is 1.59. The molecular formula is C13H22N2O3. The van der Waals surface area contributed by atoms with E-state index < -0.39 is 5.54 Å². The zero-order valence-corrected chi connectivity index (χ0v) is 11.4. The van der Waals surface area contributed by atoms with Crippen molar-refractivity contribution in [2.45, 2.75) is 45.2 Å². The molecule has 2 heterocycles. The fraction of sp³-hybridized carbons (Fsp3) is 0.846. The van der Waals surface area contributed by atoms with Crippen molar-refractivity contribution in [1.29, 1.82) is 0 Å². The minimum absolute atomic E-state index is 0.0315. The average Bonchev–Trinajstić information content (AvgIpc) is 2.85. The highest BCUT2D eigenvalue weighted by Gasteiger charge is 2.45. The van der Waals surface area contributed by atoms with Crippen molar-refractivity contribution < 1.29 is 14.3 Å². The van der Waals surface area contributed by atoms with Crippen LogP contribution in [0.25, 0.3) is 0 Å². The molecule has 0 radical (unpaired) electrons. The molecule has 0 aliphatic carbocycles. The van der Waals surface area contributed by atoms with Crippen LogP contribution in [0.1, 0.15) is 33.6 Å². The number of carbonyl (C=O) groups is 2. The molecule has 3 unspecified atom stereocenters. The van der Waals surface area contributed by atoms with Crippen molar-refractivity contribution in [3.8, 4) is 0 Å². The summed E-state index contributed by atoms with van der Waals surface area (Å²) in [5, 5.41) is 2.84. The van der Waals surface area contributed by atoms with E-state index in [9.17, 15) is 9.59 Å². The van der Waals surface area contributed by atoms with Crippen LogP contribution in [0, 0.1) is 5.92 Å². The molecule has 0 saturated carbocycles. The quantitative estimate of drug-likeness (QED) is 0.799. The van der Waals surface area contributed by atoms with Gasteiger partial charge in [-0.3, -0.25) is 9.59 Å². The number of nitrogens with one attached hydrogen (secondary N) is 1. The van der Waals surface area contributed by atoms with E-state index in [1.165, 1.54) is 0 Å². The molecule has 2 amide bonds. The highest BCUT2D eigenvalue weighted by atomic mass is 16.5. The van der Waals surface area contributed by atoms with Gasteiger partial charge in [0.1, 0.15) is 11.6 Å². The first-order valence-corrected chi connectivity index (χ1v) is 6.69. The molecule has 2 aliphatic rings. The van der Waals surface area contributed by atoms with Gasteiger partial charge in [0.2, 0.25) is 11.8 Å². The Morgan fingerprint density at radius 1 is 1.50 bits per heavy atom. The van der Waals surface area contributed by atoms with Crippen LogP contribution in [-0.4, -0.2) is 48.1 Å². The van der Waals surface area contributed by atoms with E-state index in [2.05, 4.69) is 5.32 Å². The first kappa shape index (κ1) is 13.3. The Kier molecular flexibility index (Phi) is 3.61. The maximum Gasteiger partial charge on any atom is 0.248 e. The normalized spacial score (nSPS) is 36.9. The molecule has 2 aliphatic heterocycles. The van der Waals surface area contributed by atoms with Gasteiger partial charge < -0.3 is 15.0 Å². The number of rotatable bonds is 3. The van der Waals surface area contributed by atoms with Gasteiger partial charge in [-0.1, -0.05) is 6.92 Å². The summed E-state index contributed by atoms with van der Waals surface area (Å²) >= 11 is 0. The van der Waals surface area contributed by atoms with E-state index in [1.54, 1.807) is 18.7 Å². The minimum Gasteiger partial charge on any atom is -0.381 e. The first-order chi connectivity index (χ1) is 8.48. The van der Waals surface area contributed by atoms with Crippen LogP contribution in [-0.2, 0) is 14.3 Å². The monoisotopic (exact) mass is 254 g/mol. The SMILES string of the molecule is CCC1(C)NC(=O)C(C)N(CC2CCOC2)C1=O. The third-order valence-corrected chi connectivity index (χ3v) is 4.16. The number of ether oxygens (including phenoxy) is 1. The smallest absolute Gasteiger partial charge is 0.248 e. The molecule has 0 aromatic heterocycles. The Morgan fingerprint density at radius 3 is 2.78 bits per heavy atom. The Balaban J connectivity index is 2.14. The third-order valence-electron chi connectivity index (χ3n) is 4.16. The number of amides is 2. The second-order valence-electron chi connectivity index (χ2n) is 5.54. The predicted octanol–water partition coefficient (Wildman–Crippen LogP) is 0.538. The number of nitrogens with zero attached hydrogens (tertiary/aromatic N) is 1. The number of piperazine rings is 1. The van der Waals surface area contributed by atoms with Crippen molar-refractivity contribution in [1.82, 2.24) is 10.2 Å². The molecule has 0 bridgehead atoms. The summed E-state index contributed by atoms with van der Waals surface area (Å²) in [6, 6.07) is -0.377. The zero-order chi connectivity index (χ0) is 13.3. The van der Waals surface area contributed by atoms with Crippen molar-refractivity contribution in [3.05, 3.63) is 0 Å². The van der Waals surface area contributed by atoms with Crippen LogP contribution in [0.2, 0.25) is 0 Å². The van der Waals surface area contributed by atoms with Crippen LogP contribution in [0.3, 0.4) is 0 Å². The van der Waals surface area contributed by atoms with E-state index >= 15 is 0 Å². The van der Waals surface area contributed by atoms with Gasteiger partial charge >= 0.3 is 0 Å². The molecule has 0 spiro atoms. The molecule has 102 valence electrons. The summed E-state index contributed by atoms with van der Waals surface area (Å²) in [7, 11) is 0. The third kappa shape index (κ3) is 2.23. The lowest BCUT2D eigenvalue weighted by Gasteiger charge is -2.43. The number of hydrogen-bond acceptors (Lipinski definition) is 3. The summed E-state index contributed by atoms with van der Waals surface area (Å²) in [6.45, 7) is 7.60. The molecule has 2 fully saturated rings. The molecule has 2 rings (SSSR count). The van der Waals surface area contributed by atoms with Crippen LogP contribution in [0.15, 0.2) is 0 Å². The lowest BCUT2D eigenvalue weighted by Crippen LogP contribution is -2.68. The second kappa shape index (κ2) is 4.88. The Morgan fingerprint density at radius 2 is 2.22 bits per heavy atom. The number of carbonyl (C=O) groups excluding carboxylic acids is 2. The Labute approximate surface area is 108 Å². The predicted molar refractivity (Wildman–Crippen MR) is 66.9 cm³/mol. The van der Waals surface area contributed by atoms with E-state index in [-0.39, 0.29) is 17.9 Å². The summed E-state index contributed by atoms with van der Waals surface area (Å²) < 4.78 is 5.34. The molecule has 0 aromatic rings. The fourth-order valence-corrected chi connectivity index (χ4v) is 2.55. The van der Waals surface area contributed by atoms with Crippen LogP contribution < -0.4 is 5.32 Å². The molecule has 18 heavy (non-hydrogen) atoms. The lowest BCUT2D eigenvalue weighted by atomic mass is 9.91. The fourth-order valence-electron chi connectivity index (χ4n) is 2.55. The highest BCUT2D eigenvalue weighted by molar-refractivity contribution is 5.99. The van der Waals surface area contributed by atoms with Gasteiger partial charge in [-0.2, -0.15) is 0 Å². The van der Waals surface area contributed by atoms with Crippen LogP contribution in [0.5, 0.6) is 0 Å². The largest absolute Gasteiger partial charge is 0.381 e. The Hall–Kier alpha value is -1.10. The standard InChI is InChI=1S/C13H22N2O3/c1-4-13(3)12(17)15(9(2)11(16)14-13)7-10-5-6-18-8-10/h9-10H,4-8H2,1-3H3,(H,14,16). The van der Waals surface area contributed by atoms with Gasteiger partial charge in [0.05, 0.1) is 6.61 Å².